The Hall–Kier alpha value is -1.19. The van der Waals surface area contributed by atoms with Gasteiger partial charge in [-0.05, 0) is 12.5 Å². The Morgan fingerprint density at radius 2 is 2.30 bits per heavy atom. The van der Waals surface area contributed by atoms with Gasteiger partial charge in [0, 0.05) is 31.4 Å². The second-order valence-electron chi connectivity index (χ2n) is 4.03. The minimum Gasteiger partial charge on any atom is -0.471 e. The Bertz CT molecular complexity index is 445. The third kappa shape index (κ3) is 5.43. The molecule has 8 heteroatoms. The molecule has 0 saturated carbocycles. The van der Waals surface area contributed by atoms with Crippen molar-refractivity contribution in [3.8, 4) is 5.88 Å². The number of alkyl halides is 2. The van der Waals surface area contributed by atoms with Crippen LogP contribution in [0.15, 0.2) is 23.3 Å². The molecular formula is C12H17F2IN4O. The number of pyridine rings is 1. The lowest BCUT2D eigenvalue weighted by atomic mass is 10.2. The number of hydrogen-bond acceptors (Lipinski definition) is 5. The highest BCUT2D eigenvalue weighted by Crippen LogP contribution is 2.14. The van der Waals surface area contributed by atoms with E-state index in [1.165, 1.54) is 6.20 Å². The zero-order valence-electron chi connectivity index (χ0n) is 10.8. The first-order chi connectivity index (χ1) is 9.25. The maximum atomic E-state index is 12.1. The molecule has 1 aliphatic heterocycles. The van der Waals surface area contributed by atoms with Crippen molar-refractivity contribution in [3.63, 3.8) is 0 Å². The van der Waals surface area contributed by atoms with Gasteiger partial charge in [0.05, 0.1) is 0 Å². The van der Waals surface area contributed by atoms with Crippen LogP contribution in [0.3, 0.4) is 0 Å². The van der Waals surface area contributed by atoms with Crippen molar-refractivity contribution in [2.45, 2.75) is 19.4 Å². The molecule has 0 aromatic carbocycles. The highest BCUT2D eigenvalue weighted by molar-refractivity contribution is 14.0. The van der Waals surface area contributed by atoms with E-state index in [0.717, 1.165) is 31.0 Å². The number of ether oxygens (including phenoxy) is 1. The number of aliphatic imine (C=N–C) groups is 1. The summed E-state index contributed by atoms with van der Waals surface area (Å²) in [7, 11) is 0. The van der Waals surface area contributed by atoms with Gasteiger partial charge in [-0.1, -0.05) is 6.07 Å². The van der Waals surface area contributed by atoms with Crippen molar-refractivity contribution in [2.75, 3.05) is 19.7 Å². The molecule has 0 spiro atoms. The summed E-state index contributed by atoms with van der Waals surface area (Å²) in [5, 5.41) is 6.21. The van der Waals surface area contributed by atoms with E-state index < -0.39 is 13.0 Å². The van der Waals surface area contributed by atoms with Crippen LogP contribution in [0.2, 0.25) is 0 Å². The van der Waals surface area contributed by atoms with Crippen molar-refractivity contribution in [3.05, 3.63) is 23.9 Å². The molecule has 5 nitrogen and oxygen atoms in total. The van der Waals surface area contributed by atoms with Gasteiger partial charge in [0.25, 0.3) is 6.43 Å². The van der Waals surface area contributed by atoms with Gasteiger partial charge in [0.2, 0.25) is 5.88 Å². The Labute approximate surface area is 133 Å². The Morgan fingerprint density at radius 1 is 1.45 bits per heavy atom. The summed E-state index contributed by atoms with van der Waals surface area (Å²) >= 11 is 0. The number of nitrogens with one attached hydrogen (secondary N) is 2. The van der Waals surface area contributed by atoms with Crippen molar-refractivity contribution in [1.82, 2.24) is 15.6 Å². The monoisotopic (exact) mass is 398 g/mol. The summed E-state index contributed by atoms with van der Waals surface area (Å²) in [5.41, 5.74) is 0.721. The first-order valence-corrected chi connectivity index (χ1v) is 6.13. The zero-order valence-corrected chi connectivity index (χ0v) is 13.1. The van der Waals surface area contributed by atoms with Crippen LogP contribution in [0.1, 0.15) is 12.0 Å². The average Bonchev–Trinajstić information content (AvgIpc) is 2.45. The van der Waals surface area contributed by atoms with Crippen LogP contribution in [-0.4, -0.2) is 37.1 Å². The molecule has 2 heterocycles. The Morgan fingerprint density at radius 3 is 3.00 bits per heavy atom. The molecule has 1 aromatic rings. The van der Waals surface area contributed by atoms with Gasteiger partial charge in [-0.3, -0.25) is 4.99 Å². The van der Waals surface area contributed by atoms with Crippen LogP contribution in [-0.2, 0) is 6.54 Å². The van der Waals surface area contributed by atoms with Gasteiger partial charge >= 0.3 is 0 Å². The van der Waals surface area contributed by atoms with Gasteiger partial charge in [-0.15, -0.1) is 24.0 Å². The van der Waals surface area contributed by atoms with Gasteiger partial charge < -0.3 is 15.4 Å². The fourth-order valence-corrected chi connectivity index (χ4v) is 1.66. The molecule has 1 aromatic heterocycles. The summed E-state index contributed by atoms with van der Waals surface area (Å²) in [6.45, 7) is 1.45. The quantitative estimate of drug-likeness (QED) is 0.743. The standard InChI is InChI=1S/C12H16F2N4O.HI/c13-10(14)8-19-11-9(3-1-4-15-11)7-18-12-16-5-2-6-17-12;/h1,3-4,10H,2,5-8H2,(H2,16,17,18);1H. The number of aromatic nitrogens is 1. The Balaban J connectivity index is 0.00000200. The summed E-state index contributed by atoms with van der Waals surface area (Å²) in [6, 6.07) is 3.52. The van der Waals surface area contributed by atoms with Crippen molar-refractivity contribution < 1.29 is 13.5 Å². The second-order valence-corrected chi connectivity index (χ2v) is 4.03. The first kappa shape index (κ1) is 16.9. The molecule has 0 bridgehead atoms. The maximum Gasteiger partial charge on any atom is 0.272 e. The van der Waals surface area contributed by atoms with E-state index in [2.05, 4.69) is 20.6 Å². The number of guanidine groups is 1. The lowest BCUT2D eigenvalue weighted by molar-refractivity contribution is 0.0790. The van der Waals surface area contributed by atoms with Crippen molar-refractivity contribution >= 4 is 29.9 Å². The topological polar surface area (TPSA) is 58.5 Å². The summed E-state index contributed by atoms with van der Waals surface area (Å²) in [5.74, 6) is 0.946. The Kier molecular flexibility index (Phi) is 7.48. The molecule has 0 atom stereocenters. The highest BCUT2D eigenvalue weighted by atomic mass is 127. The van der Waals surface area contributed by atoms with Crippen molar-refractivity contribution in [2.24, 2.45) is 4.99 Å². The predicted molar refractivity (Wildman–Crippen MR) is 82.9 cm³/mol. The molecule has 0 amide bonds. The van der Waals surface area contributed by atoms with Crippen molar-refractivity contribution in [1.29, 1.82) is 0 Å². The largest absolute Gasteiger partial charge is 0.471 e. The molecule has 0 unspecified atom stereocenters. The minimum atomic E-state index is -2.51. The molecule has 0 radical (unpaired) electrons. The summed E-state index contributed by atoms with van der Waals surface area (Å²) in [4.78, 5) is 8.22. The van der Waals surface area contributed by atoms with Crippen LogP contribution < -0.4 is 15.4 Å². The van der Waals surface area contributed by atoms with E-state index >= 15 is 0 Å². The molecule has 112 valence electrons. The first-order valence-electron chi connectivity index (χ1n) is 6.13. The highest BCUT2D eigenvalue weighted by Gasteiger charge is 2.10. The number of nitrogens with zero attached hydrogens (tertiary/aromatic N) is 2. The van der Waals surface area contributed by atoms with Gasteiger partial charge in [0.1, 0.15) is 0 Å². The van der Waals surface area contributed by atoms with E-state index in [1.54, 1.807) is 12.1 Å². The fraction of sp³-hybridized carbons (Fsp3) is 0.500. The molecule has 0 saturated heterocycles. The maximum absolute atomic E-state index is 12.1. The van der Waals surface area contributed by atoms with Crippen LogP contribution in [0.25, 0.3) is 0 Å². The lowest BCUT2D eigenvalue weighted by Gasteiger charge is -2.17. The van der Waals surface area contributed by atoms with E-state index in [9.17, 15) is 8.78 Å². The van der Waals surface area contributed by atoms with E-state index in [0.29, 0.717) is 6.54 Å². The SMILES string of the molecule is FC(F)COc1ncccc1CNC1=NCCCN1.I. The van der Waals surface area contributed by atoms with E-state index in [-0.39, 0.29) is 29.9 Å². The fourth-order valence-electron chi connectivity index (χ4n) is 1.66. The molecule has 0 fully saturated rings. The molecule has 1 aliphatic rings. The number of rotatable bonds is 5. The molecular weight excluding hydrogens is 381 g/mol. The number of halogens is 3. The van der Waals surface area contributed by atoms with Crippen LogP contribution in [0.4, 0.5) is 8.78 Å². The van der Waals surface area contributed by atoms with E-state index in [4.69, 9.17) is 4.74 Å². The van der Waals surface area contributed by atoms with Crippen LogP contribution in [0, 0.1) is 0 Å². The smallest absolute Gasteiger partial charge is 0.272 e. The molecule has 0 aliphatic carbocycles. The third-order valence-corrected chi connectivity index (χ3v) is 2.54. The average molecular weight is 398 g/mol. The third-order valence-electron chi connectivity index (χ3n) is 2.54. The van der Waals surface area contributed by atoms with Gasteiger partial charge in [0.15, 0.2) is 12.6 Å². The zero-order chi connectivity index (χ0) is 13.5. The van der Waals surface area contributed by atoms with Gasteiger partial charge in [-0.2, -0.15) is 0 Å². The molecule has 20 heavy (non-hydrogen) atoms. The summed E-state index contributed by atoms with van der Waals surface area (Å²) in [6.07, 6.45) is 0.0220. The molecule has 2 rings (SSSR count). The van der Waals surface area contributed by atoms with E-state index in [1.807, 2.05) is 0 Å². The molecule has 2 N–H and O–H groups in total. The van der Waals surface area contributed by atoms with Crippen LogP contribution >= 0.6 is 24.0 Å². The van der Waals surface area contributed by atoms with Gasteiger partial charge in [-0.25, -0.2) is 13.8 Å². The number of hydrogen-bond donors (Lipinski definition) is 2. The normalized spacial score (nSPS) is 14.1. The minimum absolute atomic E-state index is 0. The second kappa shape index (κ2) is 8.88. The predicted octanol–water partition coefficient (Wildman–Crippen LogP) is 1.78. The summed E-state index contributed by atoms with van der Waals surface area (Å²) < 4.78 is 29.2. The van der Waals surface area contributed by atoms with Crippen LogP contribution in [0.5, 0.6) is 5.88 Å². The lowest BCUT2D eigenvalue weighted by Crippen LogP contribution is -2.40.